The predicted molar refractivity (Wildman–Crippen MR) is 143 cm³/mol. The summed E-state index contributed by atoms with van der Waals surface area (Å²) in [6, 6.07) is 20.7. The molecule has 0 aliphatic carbocycles. The highest BCUT2D eigenvalue weighted by Crippen LogP contribution is 2.30. The molecule has 4 rings (SSSR count). The van der Waals surface area contributed by atoms with E-state index in [1.54, 1.807) is 37.4 Å². The van der Waals surface area contributed by atoms with Crippen LogP contribution in [0.2, 0.25) is 10.0 Å². The van der Waals surface area contributed by atoms with E-state index in [0.717, 1.165) is 16.8 Å². The molecule has 0 fully saturated rings. The first kappa shape index (κ1) is 24.7. The van der Waals surface area contributed by atoms with Crippen molar-refractivity contribution in [2.75, 3.05) is 12.4 Å². The number of aromatic nitrogens is 2. The number of methoxy groups -OCH3 is 1. The van der Waals surface area contributed by atoms with Gasteiger partial charge in [-0.15, -0.1) is 0 Å². The first-order chi connectivity index (χ1) is 17.0. The van der Waals surface area contributed by atoms with E-state index in [1.165, 1.54) is 11.8 Å². The lowest BCUT2D eigenvalue weighted by molar-refractivity contribution is 0.415. The van der Waals surface area contributed by atoms with Gasteiger partial charge in [0.25, 0.3) is 11.2 Å². The lowest BCUT2D eigenvalue weighted by Crippen LogP contribution is -2.09. The molecule has 0 bridgehead atoms. The number of anilines is 1. The smallest absolute Gasteiger partial charge is 0.276 e. The highest BCUT2D eigenvalue weighted by Gasteiger charge is 2.15. The molecule has 0 aliphatic rings. The van der Waals surface area contributed by atoms with E-state index in [-0.39, 0.29) is 5.69 Å². The Balaban J connectivity index is 1.49. The number of benzene rings is 3. The summed E-state index contributed by atoms with van der Waals surface area (Å²) in [7, 11) is 1.56. The molecule has 0 atom stereocenters. The Labute approximate surface area is 217 Å². The molecule has 1 aromatic heterocycles. The van der Waals surface area contributed by atoms with E-state index in [4.69, 9.17) is 34.5 Å². The second-order valence-electron chi connectivity index (χ2n) is 7.50. The van der Waals surface area contributed by atoms with Crippen LogP contribution >= 0.6 is 35.0 Å². The fraction of sp³-hybridized carbons (Fsp3) is 0.115. The molecule has 2 N–H and O–H groups in total. The van der Waals surface area contributed by atoms with Crippen molar-refractivity contribution >= 4 is 46.3 Å². The van der Waals surface area contributed by atoms with Gasteiger partial charge in [0.1, 0.15) is 5.75 Å². The zero-order valence-electron chi connectivity index (χ0n) is 18.6. The minimum absolute atomic E-state index is 0.0453. The molecule has 4 aromatic rings. The molecule has 0 unspecified atom stereocenters. The number of halogens is 2. The molecule has 1 heterocycles. The molecule has 35 heavy (non-hydrogen) atoms. The molecule has 0 spiro atoms. The zero-order chi connectivity index (χ0) is 24.8. The van der Waals surface area contributed by atoms with Crippen LogP contribution in [-0.2, 0) is 12.3 Å². The summed E-state index contributed by atoms with van der Waals surface area (Å²) in [5.41, 5.74) is 3.50. The van der Waals surface area contributed by atoms with Crippen LogP contribution in [0.5, 0.6) is 5.75 Å². The van der Waals surface area contributed by atoms with Gasteiger partial charge < -0.3 is 15.0 Å². The van der Waals surface area contributed by atoms with E-state index in [0.29, 0.717) is 44.5 Å². The van der Waals surface area contributed by atoms with Gasteiger partial charge in [-0.25, -0.2) is 9.83 Å². The summed E-state index contributed by atoms with van der Waals surface area (Å²) in [5, 5.41) is 4.87. The van der Waals surface area contributed by atoms with Crippen LogP contribution in [-0.4, -0.2) is 17.1 Å². The van der Waals surface area contributed by atoms with Gasteiger partial charge in [-0.3, -0.25) is 4.79 Å². The highest BCUT2D eigenvalue weighted by molar-refractivity contribution is 7.98. The first-order valence-electron chi connectivity index (χ1n) is 10.5. The highest BCUT2D eigenvalue weighted by atomic mass is 35.5. The molecule has 0 saturated heterocycles. The van der Waals surface area contributed by atoms with Gasteiger partial charge in [0, 0.05) is 18.0 Å². The maximum absolute atomic E-state index is 12.6. The largest absolute Gasteiger partial charge is 0.497 e. The summed E-state index contributed by atoms with van der Waals surface area (Å²) >= 11 is 13.5. The normalized spacial score (nSPS) is 10.6. The van der Waals surface area contributed by atoms with Crippen LogP contribution in [0.4, 0.5) is 11.4 Å². The SMILES string of the molecule is [C-]#[N+]c1c(-c2cccc(OC)c2)nc(SCc2cccc(NCc3ccc(Cl)c(Cl)c3)c2)[nH]c1=O. The number of ether oxygens (including phenoxy) is 1. The predicted octanol–water partition coefficient (Wildman–Crippen LogP) is 7.21. The number of hydrogen-bond donors (Lipinski definition) is 2. The van der Waals surface area contributed by atoms with Crippen LogP contribution in [0.1, 0.15) is 11.1 Å². The summed E-state index contributed by atoms with van der Waals surface area (Å²) < 4.78 is 5.27. The van der Waals surface area contributed by atoms with Gasteiger partial charge in [0.05, 0.1) is 29.4 Å². The lowest BCUT2D eigenvalue weighted by Gasteiger charge is -2.10. The van der Waals surface area contributed by atoms with Gasteiger partial charge >= 0.3 is 0 Å². The monoisotopic (exact) mass is 522 g/mol. The number of hydrogen-bond acceptors (Lipinski definition) is 5. The number of rotatable bonds is 8. The zero-order valence-corrected chi connectivity index (χ0v) is 21.0. The third-order valence-corrected chi connectivity index (χ3v) is 6.79. The van der Waals surface area contributed by atoms with Crippen molar-refractivity contribution in [2.45, 2.75) is 17.5 Å². The number of H-pyrrole nitrogens is 1. The van der Waals surface area contributed by atoms with Crippen molar-refractivity contribution < 1.29 is 4.74 Å². The van der Waals surface area contributed by atoms with Gasteiger partial charge in [-0.05, 0) is 53.1 Å². The van der Waals surface area contributed by atoms with Crippen LogP contribution in [0.15, 0.2) is 76.7 Å². The van der Waals surface area contributed by atoms with Crippen LogP contribution in [0.25, 0.3) is 16.1 Å². The third kappa shape index (κ3) is 6.17. The maximum atomic E-state index is 12.6. The molecule has 6 nitrogen and oxygen atoms in total. The Morgan fingerprint density at radius 2 is 1.89 bits per heavy atom. The Bertz CT molecular complexity index is 1470. The van der Waals surface area contributed by atoms with Crippen molar-refractivity contribution in [3.05, 3.63) is 110 Å². The second kappa shape index (κ2) is 11.3. The molecule has 176 valence electrons. The quantitative estimate of drug-likeness (QED) is 0.145. The van der Waals surface area contributed by atoms with Crippen molar-refractivity contribution in [1.29, 1.82) is 0 Å². The average Bonchev–Trinajstić information content (AvgIpc) is 2.88. The van der Waals surface area contributed by atoms with Crippen molar-refractivity contribution in [3.63, 3.8) is 0 Å². The van der Waals surface area contributed by atoms with Crippen molar-refractivity contribution in [2.24, 2.45) is 0 Å². The number of nitrogens with one attached hydrogen (secondary N) is 2. The van der Waals surface area contributed by atoms with Gasteiger partial charge in [0.15, 0.2) is 5.16 Å². The van der Waals surface area contributed by atoms with Gasteiger partial charge in [-0.2, -0.15) is 0 Å². The summed E-state index contributed by atoms with van der Waals surface area (Å²) in [4.78, 5) is 23.3. The van der Waals surface area contributed by atoms with E-state index in [9.17, 15) is 4.79 Å². The second-order valence-corrected chi connectivity index (χ2v) is 9.28. The van der Waals surface area contributed by atoms with E-state index >= 15 is 0 Å². The fourth-order valence-electron chi connectivity index (χ4n) is 3.37. The topological polar surface area (TPSA) is 71.4 Å². The van der Waals surface area contributed by atoms with Crippen molar-refractivity contribution in [3.8, 4) is 17.0 Å². The van der Waals surface area contributed by atoms with E-state index in [2.05, 4.69) is 20.1 Å². The summed E-state index contributed by atoms with van der Waals surface area (Å²) in [6.45, 7) is 8.04. The fourth-order valence-corrected chi connectivity index (χ4v) is 4.49. The molecule has 0 aliphatic heterocycles. The van der Waals surface area contributed by atoms with Crippen LogP contribution in [0.3, 0.4) is 0 Å². The molecular weight excluding hydrogens is 503 g/mol. The summed E-state index contributed by atoms with van der Waals surface area (Å²) in [6.07, 6.45) is 0. The summed E-state index contributed by atoms with van der Waals surface area (Å²) in [5.74, 6) is 1.21. The number of nitrogens with zero attached hydrogens (tertiary/aromatic N) is 2. The third-order valence-electron chi connectivity index (χ3n) is 5.11. The molecule has 0 radical (unpaired) electrons. The van der Waals surface area contributed by atoms with Gasteiger partial charge in [0.2, 0.25) is 0 Å². The Hall–Kier alpha value is -3.44. The van der Waals surface area contributed by atoms with E-state index < -0.39 is 5.56 Å². The van der Waals surface area contributed by atoms with E-state index in [1.807, 2.05) is 36.4 Å². The Morgan fingerprint density at radius 3 is 2.66 bits per heavy atom. The minimum Gasteiger partial charge on any atom is -0.497 e. The minimum atomic E-state index is -0.465. The average molecular weight is 523 g/mol. The molecule has 0 saturated carbocycles. The lowest BCUT2D eigenvalue weighted by atomic mass is 10.1. The van der Waals surface area contributed by atoms with Crippen molar-refractivity contribution in [1.82, 2.24) is 9.97 Å². The molecule has 9 heteroatoms. The first-order valence-corrected chi connectivity index (χ1v) is 12.3. The van der Waals surface area contributed by atoms with Crippen LogP contribution < -0.4 is 15.6 Å². The molecular formula is C26H20Cl2N4O2S. The molecule has 3 aromatic carbocycles. The molecule has 0 amide bonds. The maximum Gasteiger partial charge on any atom is 0.276 e. The standard InChI is InChI=1S/C26H20Cl2N4O2S/c1-29-24-23(18-6-4-8-20(13-18)34-2)31-26(32-25(24)33)35-15-17-5-3-7-19(11-17)30-14-16-9-10-21(27)22(28)12-16/h3-13,30H,14-15H2,2H3,(H,31,32,33). The van der Waals surface area contributed by atoms with Gasteiger partial charge in [-0.1, -0.05) is 65.3 Å². The Kier molecular flexibility index (Phi) is 7.98. The number of aromatic amines is 1. The number of thioether (sulfide) groups is 1. The Morgan fingerprint density at radius 1 is 1.06 bits per heavy atom. The van der Waals surface area contributed by atoms with Crippen LogP contribution in [0, 0.1) is 6.57 Å².